The number of aryl methyl sites for hydroxylation is 1. The maximum absolute atomic E-state index is 12.1. The molecule has 2 aromatic carbocycles. The summed E-state index contributed by atoms with van der Waals surface area (Å²) in [7, 11) is -3.19. The van der Waals surface area contributed by atoms with Crippen molar-refractivity contribution in [2.45, 2.75) is 70.0 Å². The average Bonchev–Trinajstić information content (AvgIpc) is 3.53. The Labute approximate surface area is 175 Å². The quantitative estimate of drug-likeness (QED) is 0.657. The summed E-state index contributed by atoms with van der Waals surface area (Å²) in [6.45, 7) is 2.26. The Morgan fingerprint density at radius 2 is 1.79 bits per heavy atom. The number of benzene rings is 2. The molecule has 2 atom stereocenters. The summed E-state index contributed by atoms with van der Waals surface area (Å²) in [6.07, 6.45) is 6.49. The van der Waals surface area contributed by atoms with Gasteiger partial charge in [0, 0.05) is 24.5 Å². The topological polar surface area (TPSA) is 58.2 Å². The van der Waals surface area contributed by atoms with Crippen LogP contribution >= 0.6 is 0 Å². The second-order valence-corrected chi connectivity index (χ2v) is 10.5. The lowest BCUT2D eigenvalue weighted by Crippen LogP contribution is -2.40. The van der Waals surface area contributed by atoms with Gasteiger partial charge < -0.3 is 5.32 Å². The zero-order chi connectivity index (χ0) is 20.3. The van der Waals surface area contributed by atoms with Gasteiger partial charge in [-0.2, -0.15) is 0 Å². The van der Waals surface area contributed by atoms with Gasteiger partial charge in [0.2, 0.25) is 10.0 Å². The average molecular weight is 413 g/mol. The van der Waals surface area contributed by atoms with E-state index in [4.69, 9.17) is 0 Å². The first-order chi connectivity index (χ1) is 14.0. The highest BCUT2D eigenvalue weighted by Crippen LogP contribution is 2.37. The molecule has 0 aliphatic heterocycles. The smallest absolute Gasteiger partial charge is 0.211 e. The summed E-state index contributed by atoms with van der Waals surface area (Å²) >= 11 is 0. The summed E-state index contributed by atoms with van der Waals surface area (Å²) in [5.41, 5.74) is 5.22. The van der Waals surface area contributed by atoms with E-state index in [1.54, 1.807) is 0 Å². The molecule has 0 amide bonds. The third-order valence-electron chi connectivity index (χ3n) is 6.11. The van der Waals surface area contributed by atoms with E-state index in [0.717, 1.165) is 18.4 Å². The van der Waals surface area contributed by atoms with Crippen LogP contribution in [0.1, 0.15) is 60.8 Å². The molecule has 2 aliphatic carbocycles. The van der Waals surface area contributed by atoms with Crippen molar-refractivity contribution in [2.24, 2.45) is 0 Å². The highest BCUT2D eigenvalue weighted by Gasteiger charge is 2.34. The van der Waals surface area contributed by atoms with Gasteiger partial charge in [-0.25, -0.2) is 13.1 Å². The first-order valence-electron chi connectivity index (χ1n) is 10.9. The molecule has 1 fully saturated rings. The van der Waals surface area contributed by atoms with Crippen LogP contribution in [0.5, 0.6) is 0 Å². The lowest BCUT2D eigenvalue weighted by molar-refractivity contribution is 0.381. The minimum Gasteiger partial charge on any atom is -0.311 e. The molecule has 2 aliphatic rings. The Balaban J connectivity index is 1.57. The van der Waals surface area contributed by atoms with Crippen molar-refractivity contribution in [2.75, 3.05) is 5.75 Å². The molecule has 156 valence electrons. The molecule has 0 bridgehead atoms. The molecular weight excluding hydrogens is 380 g/mol. The molecular formula is C24H32N2O2S. The predicted molar refractivity (Wildman–Crippen MR) is 119 cm³/mol. The Morgan fingerprint density at radius 3 is 2.52 bits per heavy atom. The summed E-state index contributed by atoms with van der Waals surface area (Å²) in [4.78, 5) is 0. The third-order valence-corrected chi connectivity index (χ3v) is 7.64. The van der Waals surface area contributed by atoms with Gasteiger partial charge in [-0.3, -0.25) is 0 Å². The minimum atomic E-state index is -3.19. The van der Waals surface area contributed by atoms with Gasteiger partial charge in [-0.05, 0) is 60.8 Å². The van der Waals surface area contributed by atoms with Gasteiger partial charge in [-0.1, -0.05) is 55.5 Å². The number of rotatable bonds is 9. The molecule has 2 N–H and O–H groups in total. The molecule has 2 unspecified atom stereocenters. The zero-order valence-electron chi connectivity index (χ0n) is 17.2. The Bertz CT molecular complexity index is 923. The monoisotopic (exact) mass is 412 g/mol. The summed E-state index contributed by atoms with van der Waals surface area (Å²) in [5.74, 6) is 0.607. The van der Waals surface area contributed by atoms with Gasteiger partial charge in [-0.15, -0.1) is 0 Å². The molecule has 2 aromatic rings. The normalized spacial score (nSPS) is 21.7. The second-order valence-electron chi connectivity index (χ2n) is 8.56. The summed E-state index contributed by atoms with van der Waals surface area (Å²) in [6, 6.07) is 18.4. The second kappa shape index (κ2) is 8.99. The minimum absolute atomic E-state index is 0.182. The number of nitrogens with one attached hydrogen (secondary N) is 2. The highest BCUT2D eigenvalue weighted by atomic mass is 32.2. The van der Waals surface area contributed by atoms with Crippen LogP contribution in [0.3, 0.4) is 0 Å². The van der Waals surface area contributed by atoms with Crippen LogP contribution in [-0.2, 0) is 29.4 Å². The van der Waals surface area contributed by atoms with Crippen LogP contribution in [0.4, 0.5) is 0 Å². The fourth-order valence-electron chi connectivity index (χ4n) is 4.46. The van der Waals surface area contributed by atoms with Crippen LogP contribution in [0.25, 0.3) is 0 Å². The molecule has 29 heavy (non-hydrogen) atoms. The molecule has 0 spiro atoms. The van der Waals surface area contributed by atoms with Crippen molar-refractivity contribution in [1.29, 1.82) is 0 Å². The maximum Gasteiger partial charge on any atom is 0.211 e. The molecule has 0 heterocycles. The largest absolute Gasteiger partial charge is 0.311 e. The van der Waals surface area contributed by atoms with Crippen LogP contribution in [-0.4, -0.2) is 26.3 Å². The standard InChI is InChI=1S/C24H32N2O2S/c1-2-14-29(27,28)25-17-19-8-9-20-10-13-24(26-21-11-12-21)23(22(20)16-19)15-18-6-4-3-5-7-18/h3-9,16,21,23-26H,2,10-15,17H2,1H3. The fourth-order valence-corrected chi connectivity index (χ4v) is 5.53. The van der Waals surface area contributed by atoms with E-state index in [9.17, 15) is 8.42 Å². The van der Waals surface area contributed by atoms with E-state index in [1.807, 2.05) is 6.92 Å². The molecule has 1 saturated carbocycles. The van der Waals surface area contributed by atoms with Crippen LogP contribution in [0.2, 0.25) is 0 Å². The van der Waals surface area contributed by atoms with Crippen molar-refractivity contribution < 1.29 is 8.42 Å². The SMILES string of the molecule is CCCS(=O)(=O)NCc1ccc2c(c1)C(Cc1ccccc1)C(NC1CC1)CC2. The predicted octanol–water partition coefficient (Wildman–Crippen LogP) is 3.91. The van der Waals surface area contributed by atoms with Crippen molar-refractivity contribution in [3.05, 3.63) is 70.8 Å². The van der Waals surface area contributed by atoms with Gasteiger partial charge in [0.25, 0.3) is 0 Å². The fraction of sp³-hybridized carbons (Fsp3) is 0.500. The van der Waals surface area contributed by atoms with Gasteiger partial charge >= 0.3 is 0 Å². The van der Waals surface area contributed by atoms with Crippen molar-refractivity contribution in [1.82, 2.24) is 10.0 Å². The van der Waals surface area contributed by atoms with Crippen molar-refractivity contribution >= 4 is 10.0 Å². The highest BCUT2D eigenvalue weighted by molar-refractivity contribution is 7.89. The molecule has 4 nitrogen and oxygen atoms in total. The molecule has 5 heteroatoms. The van der Waals surface area contributed by atoms with Crippen LogP contribution in [0.15, 0.2) is 48.5 Å². The van der Waals surface area contributed by atoms with E-state index >= 15 is 0 Å². The van der Waals surface area contributed by atoms with Crippen molar-refractivity contribution in [3.63, 3.8) is 0 Å². The van der Waals surface area contributed by atoms with Crippen LogP contribution in [0, 0.1) is 0 Å². The van der Waals surface area contributed by atoms with Gasteiger partial charge in [0.1, 0.15) is 0 Å². The summed E-state index contributed by atoms with van der Waals surface area (Å²) in [5, 5.41) is 3.88. The maximum atomic E-state index is 12.1. The van der Waals surface area contributed by atoms with E-state index in [1.165, 1.54) is 36.0 Å². The van der Waals surface area contributed by atoms with Gasteiger partial charge in [0.05, 0.1) is 5.75 Å². The van der Waals surface area contributed by atoms with E-state index in [2.05, 4.69) is 58.6 Å². The van der Waals surface area contributed by atoms with E-state index in [0.29, 0.717) is 31.0 Å². The first kappa shape index (κ1) is 20.6. The lowest BCUT2D eigenvalue weighted by Gasteiger charge is -2.35. The van der Waals surface area contributed by atoms with E-state index < -0.39 is 10.0 Å². The first-order valence-corrected chi connectivity index (χ1v) is 12.6. The Kier molecular flexibility index (Phi) is 6.38. The zero-order valence-corrected chi connectivity index (χ0v) is 18.0. The number of sulfonamides is 1. The van der Waals surface area contributed by atoms with Gasteiger partial charge in [0.15, 0.2) is 0 Å². The molecule has 0 saturated heterocycles. The number of hydrogen-bond donors (Lipinski definition) is 2. The molecule has 0 aromatic heterocycles. The van der Waals surface area contributed by atoms with Crippen molar-refractivity contribution in [3.8, 4) is 0 Å². The Hall–Kier alpha value is -1.69. The van der Waals surface area contributed by atoms with Crippen LogP contribution < -0.4 is 10.0 Å². The number of fused-ring (bicyclic) bond motifs is 1. The molecule has 4 rings (SSSR count). The Morgan fingerprint density at radius 1 is 1.00 bits per heavy atom. The summed E-state index contributed by atoms with van der Waals surface area (Å²) < 4.78 is 26.9. The molecule has 0 radical (unpaired) electrons. The van der Waals surface area contributed by atoms with E-state index in [-0.39, 0.29) is 5.75 Å². The number of hydrogen-bond acceptors (Lipinski definition) is 3. The lowest BCUT2D eigenvalue weighted by atomic mass is 9.75. The third kappa shape index (κ3) is 5.47.